The Balaban J connectivity index is 2.30. The predicted molar refractivity (Wildman–Crippen MR) is 74.0 cm³/mol. The summed E-state index contributed by atoms with van der Waals surface area (Å²) in [5, 5.41) is 5.00. The van der Waals surface area contributed by atoms with Crippen LogP contribution in [0.15, 0.2) is 53.2 Å². The van der Waals surface area contributed by atoms with E-state index in [4.69, 9.17) is 16.0 Å². The highest BCUT2D eigenvalue weighted by Gasteiger charge is 2.10. The molecule has 18 heavy (non-hydrogen) atoms. The lowest BCUT2D eigenvalue weighted by Crippen LogP contribution is -1.75. The Bertz CT molecular complexity index is 895. The second kappa shape index (κ2) is 3.47. The molecule has 0 fully saturated rings. The van der Waals surface area contributed by atoms with E-state index < -0.39 is 0 Å². The summed E-state index contributed by atoms with van der Waals surface area (Å²) in [4.78, 5) is 4.16. The molecule has 4 rings (SSSR count). The molecule has 0 amide bonds. The van der Waals surface area contributed by atoms with Crippen LogP contribution in [0.2, 0.25) is 5.02 Å². The van der Waals surface area contributed by atoms with Gasteiger partial charge in [0.05, 0.1) is 0 Å². The smallest absolute Gasteiger partial charge is 0.144 e. The Hall–Kier alpha value is -2.06. The number of furan rings is 1. The SMILES string of the molecule is Clc1ccc2oc3c4cnccc4ccc3c2c1. The van der Waals surface area contributed by atoms with Gasteiger partial charge in [-0.25, -0.2) is 0 Å². The highest BCUT2D eigenvalue weighted by Crippen LogP contribution is 2.34. The summed E-state index contributed by atoms with van der Waals surface area (Å²) < 4.78 is 5.92. The Labute approximate surface area is 108 Å². The Kier molecular flexibility index (Phi) is 1.91. The van der Waals surface area contributed by atoms with Crippen LogP contribution in [0.4, 0.5) is 0 Å². The molecule has 0 aliphatic heterocycles. The molecule has 4 aromatic rings. The van der Waals surface area contributed by atoms with E-state index in [1.54, 1.807) is 6.20 Å². The van der Waals surface area contributed by atoms with Gasteiger partial charge in [0.25, 0.3) is 0 Å². The van der Waals surface area contributed by atoms with Crippen LogP contribution >= 0.6 is 11.6 Å². The minimum absolute atomic E-state index is 0.719. The maximum atomic E-state index is 6.04. The number of halogens is 1. The van der Waals surface area contributed by atoms with Crippen molar-refractivity contribution in [1.29, 1.82) is 0 Å². The zero-order chi connectivity index (χ0) is 12.1. The van der Waals surface area contributed by atoms with E-state index in [-0.39, 0.29) is 0 Å². The van der Waals surface area contributed by atoms with Crippen LogP contribution in [0.5, 0.6) is 0 Å². The second-order valence-electron chi connectivity index (χ2n) is 4.28. The van der Waals surface area contributed by atoms with Crippen LogP contribution in [0.1, 0.15) is 0 Å². The van der Waals surface area contributed by atoms with Crippen molar-refractivity contribution in [3.8, 4) is 0 Å². The molecule has 0 aliphatic rings. The van der Waals surface area contributed by atoms with Crippen molar-refractivity contribution in [2.75, 3.05) is 0 Å². The van der Waals surface area contributed by atoms with Gasteiger partial charge in [0.2, 0.25) is 0 Å². The summed E-state index contributed by atoms with van der Waals surface area (Å²) in [5.41, 5.74) is 1.73. The zero-order valence-corrected chi connectivity index (χ0v) is 10.1. The second-order valence-corrected chi connectivity index (χ2v) is 4.72. The number of rotatable bonds is 0. The van der Waals surface area contributed by atoms with Crippen LogP contribution in [-0.4, -0.2) is 4.98 Å². The van der Waals surface area contributed by atoms with Crippen molar-refractivity contribution in [2.45, 2.75) is 0 Å². The van der Waals surface area contributed by atoms with Gasteiger partial charge in [0.1, 0.15) is 11.2 Å². The average Bonchev–Trinajstić information content (AvgIpc) is 2.77. The summed E-state index contributed by atoms with van der Waals surface area (Å²) in [6.45, 7) is 0. The maximum absolute atomic E-state index is 6.04. The van der Waals surface area contributed by atoms with E-state index in [0.717, 1.165) is 37.7 Å². The van der Waals surface area contributed by atoms with Crippen molar-refractivity contribution < 1.29 is 4.42 Å². The number of aromatic nitrogens is 1. The maximum Gasteiger partial charge on any atom is 0.144 e. The topological polar surface area (TPSA) is 26.0 Å². The number of fused-ring (bicyclic) bond motifs is 5. The van der Waals surface area contributed by atoms with Gasteiger partial charge in [-0.2, -0.15) is 0 Å². The lowest BCUT2D eigenvalue weighted by Gasteiger charge is -1.96. The summed E-state index contributed by atoms with van der Waals surface area (Å²) in [6, 6.07) is 11.8. The highest BCUT2D eigenvalue weighted by atomic mass is 35.5. The molecule has 0 atom stereocenters. The van der Waals surface area contributed by atoms with Gasteiger partial charge < -0.3 is 4.42 Å². The van der Waals surface area contributed by atoms with Crippen LogP contribution in [0.25, 0.3) is 32.7 Å². The van der Waals surface area contributed by atoms with Crippen molar-refractivity contribution in [3.05, 3.63) is 53.8 Å². The first kappa shape index (κ1) is 9.92. The summed E-state index contributed by atoms with van der Waals surface area (Å²) in [5.74, 6) is 0. The predicted octanol–water partition coefficient (Wildman–Crippen LogP) is 4.79. The molecule has 0 saturated heterocycles. The molecular formula is C15H8ClNO. The third-order valence-corrected chi connectivity index (χ3v) is 3.45. The van der Waals surface area contributed by atoms with E-state index in [1.807, 2.05) is 30.5 Å². The molecule has 0 radical (unpaired) electrons. The molecule has 2 heterocycles. The van der Waals surface area contributed by atoms with Crippen molar-refractivity contribution in [1.82, 2.24) is 4.98 Å². The van der Waals surface area contributed by atoms with E-state index in [2.05, 4.69) is 17.1 Å². The third-order valence-electron chi connectivity index (χ3n) is 3.22. The number of nitrogens with zero attached hydrogens (tertiary/aromatic N) is 1. The van der Waals surface area contributed by atoms with Crippen LogP contribution in [0.3, 0.4) is 0 Å². The third kappa shape index (κ3) is 1.27. The first-order valence-electron chi connectivity index (χ1n) is 5.67. The fourth-order valence-electron chi connectivity index (χ4n) is 2.37. The minimum atomic E-state index is 0.719. The van der Waals surface area contributed by atoms with E-state index >= 15 is 0 Å². The molecule has 0 bridgehead atoms. The standard InChI is InChI=1S/C15H8ClNO/c16-10-2-4-14-12(7-10)11-3-1-9-5-6-17-8-13(9)15(11)18-14/h1-8H. The molecule has 86 valence electrons. The zero-order valence-electron chi connectivity index (χ0n) is 9.35. The first-order chi connectivity index (χ1) is 8.83. The summed E-state index contributed by atoms with van der Waals surface area (Å²) in [7, 11) is 0. The quantitative estimate of drug-likeness (QED) is 0.450. The molecule has 2 aromatic carbocycles. The van der Waals surface area contributed by atoms with Gasteiger partial charge in [-0.1, -0.05) is 17.7 Å². The van der Waals surface area contributed by atoms with Crippen molar-refractivity contribution >= 4 is 44.3 Å². The lowest BCUT2D eigenvalue weighted by atomic mass is 10.1. The molecule has 0 unspecified atom stereocenters. The molecule has 0 aliphatic carbocycles. The molecule has 3 heteroatoms. The molecule has 0 N–H and O–H groups in total. The van der Waals surface area contributed by atoms with Gasteiger partial charge in [-0.15, -0.1) is 0 Å². The van der Waals surface area contributed by atoms with Crippen LogP contribution < -0.4 is 0 Å². The van der Waals surface area contributed by atoms with Crippen LogP contribution in [-0.2, 0) is 0 Å². The van der Waals surface area contributed by atoms with E-state index in [1.165, 1.54) is 0 Å². The summed E-state index contributed by atoms with van der Waals surface area (Å²) >= 11 is 6.04. The fraction of sp³-hybridized carbons (Fsp3) is 0. The Morgan fingerprint density at radius 1 is 0.944 bits per heavy atom. The largest absolute Gasteiger partial charge is 0.455 e. The Morgan fingerprint density at radius 3 is 2.83 bits per heavy atom. The first-order valence-corrected chi connectivity index (χ1v) is 6.05. The fourth-order valence-corrected chi connectivity index (χ4v) is 2.54. The molecule has 2 aromatic heterocycles. The van der Waals surface area contributed by atoms with Crippen molar-refractivity contribution in [2.24, 2.45) is 0 Å². The van der Waals surface area contributed by atoms with Gasteiger partial charge in [-0.3, -0.25) is 4.98 Å². The normalized spacial score (nSPS) is 11.6. The van der Waals surface area contributed by atoms with E-state index in [9.17, 15) is 0 Å². The molecular weight excluding hydrogens is 246 g/mol. The molecule has 0 spiro atoms. The van der Waals surface area contributed by atoms with Crippen molar-refractivity contribution in [3.63, 3.8) is 0 Å². The minimum Gasteiger partial charge on any atom is -0.455 e. The van der Waals surface area contributed by atoms with E-state index in [0.29, 0.717) is 0 Å². The number of hydrogen-bond donors (Lipinski definition) is 0. The molecule has 0 saturated carbocycles. The van der Waals surface area contributed by atoms with Gasteiger partial charge in [-0.05, 0) is 35.7 Å². The highest BCUT2D eigenvalue weighted by molar-refractivity contribution is 6.32. The summed E-state index contributed by atoms with van der Waals surface area (Å²) in [6.07, 6.45) is 3.62. The molecule has 2 nitrogen and oxygen atoms in total. The average molecular weight is 254 g/mol. The van der Waals surface area contributed by atoms with Crippen LogP contribution in [0, 0.1) is 0 Å². The number of pyridine rings is 1. The van der Waals surface area contributed by atoms with Gasteiger partial charge in [0.15, 0.2) is 0 Å². The number of hydrogen-bond acceptors (Lipinski definition) is 2. The Morgan fingerprint density at radius 2 is 1.89 bits per heavy atom. The number of benzene rings is 2. The van der Waals surface area contributed by atoms with Gasteiger partial charge >= 0.3 is 0 Å². The lowest BCUT2D eigenvalue weighted by molar-refractivity contribution is 0.672. The van der Waals surface area contributed by atoms with Gasteiger partial charge in [0, 0.05) is 33.6 Å². The monoisotopic (exact) mass is 253 g/mol.